The number of sulfonamides is 1. The van der Waals surface area contributed by atoms with Crippen molar-refractivity contribution in [3.05, 3.63) is 47.5 Å². The van der Waals surface area contributed by atoms with Gasteiger partial charge in [0.1, 0.15) is 6.61 Å². The molecular weight excluding hydrogens is 392 g/mol. The normalized spacial score (nSPS) is 11.0. The number of methoxy groups -OCH3 is 1. The highest BCUT2D eigenvalue weighted by Gasteiger charge is 2.18. The van der Waals surface area contributed by atoms with Crippen molar-refractivity contribution in [1.82, 2.24) is 5.32 Å². The van der Waals surface area contributed by atoms with Crippen molar-refractivity contribution in [2.45, 2.75) is 38.5 Å². The van der Waals surface area contributed by atoms with Crippen LogP contribution in [0.15, 0.2) is 41.3 Å². The summed E-state index contributed by atoms with van der Waals surface area (Å²) in [5, 5.41) is 2.65. The van der Waals surface area contributed by atoms with Crippen molar-refractivity contribution in [1.29, 1.82) is 0 Å². The largest absolute Gasteiger partial charge is 0.493 e. The molecule has 0 saturated heterocycles. The third-order valence-electron chi connectivity index (χ3n) is 4.22. The fourth-order valence-electron chi connectivity index (χ4n) is 2.75. The third-order valence-corrected chi connectivity index (χ3v) is 5.60. The summed E-state index contributed by atoms with van der Waals surface area (Å²) in [7, 11) is -2.22. The molecule has 7 nitrogen and oxygen atoms in total. The average molecular weight is 421 g/mol. The fourth-order valence-corrected chi connectivity index (χ4v) is 3.85. The monoisotopic (exact) mass is 420 g/mol. The SMILES string of the molecule is CCCc1cc(OC)c(OCCNC(C)=O)cc1NS(=O)(=O)c1ccc(C)cc1. The molecule has 0 aromatic heterocycles. The lowest BCUT2D eigenvalue weighted by Gasteiger charge is -2.17. The summed E-state index contributed by atoms with van der Waals surface area (Å²) in [6, 6.07) is 10.1. The maximum Gasteiger partial charge on any atom is 0.261 e. The van der Waals surface area contributed by atoms with Gasteiger partial charge in [-0.05, 0) is 37.1 Å². The van der Waals surface area contributed by atoms with Gasteiger partial charge < -0.3 is 14.8 Å². The Hall–Kier alpha value is -2.74. The number of amides is 1. The summed E-state index contributed by atoms with van der Waals surface area (Å²) in [6.45, 7) is 5.91. The predicted molar refractivity (Wildman–Crippen MR) is 113 cm³/mol. The van der Waals surface area contributed by atoms with E-state index in [1.807, 2.05) is 13.8 Å². The molecule has 0 aliphatic carbocycles. The van der Waals surface area contributed by atoms with Crippen molar-refractivity contribution in [2.24, 2.45) is 0 Å². The first-order valence-corrected chi connectivity index (χ1v) is 10.9. The van der Waals surface area contributed by atoms with Gasteiger partial charge in [-0.25, -0.2) is 8.42 Å². The van der Waals surface area contributed by atoms with Crippen molar-refractivity contribution >= 4 is 21.6 Å². The van der Waals surface area contributed by atoms with Crippen molar-refractivity contribution in [2.75, 3.05) is 25.0 Å². The topological polar surface area (TPSA) is 93.7 Å². The average Bonchev–Trinajstić information content (AvgIpc) is 2.67. The second-order valence-electron chi connectivity index (χ2n) is 6.66. The van der Waals surface area contributed by atoms with Crippen LogP contribution in [0.3, 0.4) is 0 Å². The Kier molecular flexibility index (Phi) is 7.90. The Morgan fingerprint density at radius 2 is 1.79 bits per heavy atom. The maximum absolute atomic E-state index is 12.8. The minimum absolute atomic E-state index is 0.148. The van der Waals surface area contributed by atoms with E-state index in [-0.39, 0.29) is 17.4 Å². The number of hydrogen-bond acceptors (Lipinski definition) is 5. The van der Waals surface area contributed by atoms with E-state index in [1.54, 1.807) is 36.4 Å². The Bertz CT molecular complexity index is 940. The van der Waals surface area contributed by atoms with Crippen LogP contribution in [0.5, 0.6) is 11.5 Å². The molecule has 1 amide bonds. The smallest absolute Gasteiger partial charge is 0.261 e. The molecule has 2 rings (SSSR count). The second kappa shape index (κ2) is 10.2. The first-order chi connectivity index (χ1) is 13.8. The number of carbonyl (C=O) groups excluding carboxylic acids is 1. The Morgan fingerprint density at radius 3 is 2.38 bits per heavy atom. The molecule has 158 valence electrons. The van der Waals surface area contributed by atoms with Crippen molar-refractivity contribution < 1.29 is 22.7 Å². The van der Waals surface area contributed by atoms with E-state index in [0.717, 1.165) is 17.5 Å². The molecule has 2 aromatic carbocycles. The molecule has 29 heavy (non-hydrogen) atoms. The highest BCUT2D eigenvalue weighted by atomic mass is 32.2. The number of nitrogens with one attached hydrogen (secondary N) is 2. The van der Waals surface area contributed by atoms with Crippen molar-refractivity contribution in [3.63, 3.8) is 0 Å². The van der Waals surface area contributed by atoms with Gasteiger partial charge in [0.05, 0.1) is 24.2 Å². The Labute approximate surface area is 172 Å². The summed E-state index contributed by atoms with van der Waals surface area (Å²) in [6.07, 6.45) is 1.51. The summed E-state index contributed by atoms with van der Waals surface area (Å²) in [5.74, 6) is 0.763. The minimum Gasteiger partial charge on any atom is -0.493 e. The number of aryl methyl sites for hydroxylation is 2. The Morgan fingerprint density at radius 1 is 1.10 bits per heavy atom. The van der Waals surface area contributed by atoms with Gasteiger partial charge in [-0.3, -0.25) is 9.52 Å². The zero-order chi connectivity index (χ0) is 21.4. The lowest BCUT2D eigenvalue weighted by Crippen LogP contribution is -2.25. The van der Waals surface area contributed by atoms with Crippen LogP contribution in [-0.4, -0.2) is 34.6 Å². The first kappa shape index (κ1) is 22.5. The molecular formula is C21H28N2O5S. The molecule has 2 aromatic rings. The number of carbonyl (C=O) groups is 1. The van der Waals surface area contributed by atoms with Crippen LogP contribution in [0.4, 0.5) is 5.69 Å². The number of anilines is 1. The molecule has 0 saturated carbocycles. The van der Waals surface area contributed by atoms with Gasteiger partial charge in [0.15, 0.2) is 11.5 Å². The van der Waals surface area contributed by atoms with E-state index in [2.05, 4.69) is 10.0 Å². The molecule has 8 heteroatoms. The number of hydrogen-bond donors (Lipinski definition) is 2. The number of rotatable bonds is 10. The molecule has 0 unspecified atom stereocenters. The summed E-state index contributed by atoms with van der Waals surface area (Å²) >= 11 is 0. The van der Waals surface area contributed by atoms with Crippen LogP contribution >= 0.6 is 0 Å². The van der Waals surface area contributed by atoms with Crippen LogP contribution in [0.25, 0.3) is 0 Å². The molecule has 0 fully saturated rings. The molecule has 0 aliphatic heterocycles. The van der Waals surface area contributed by atoms with Crippen LogP contribution in [0, 0.1) is 6.92 Å². The van der Waals surface area contributed by atoms with Gasteiger partial charge >= 0.3 is 0 Å². The molecule has 0 radical (unpaired) electrons. The first-order valence-electron chi connectivity index (χ1n) is 9.44. The van der Waals surface area contributed by atoms with Crippen LogP contribution < -0.4 is 19.5 Å². The second-order valence-corrected chi connectivity index (χ2v) is 8.34. The van der Waals surface area contributed by atoms with Gasteiger partial charge in [0.2, 0.25) is 5.91 Å². The molecule has 2 N–H and O–H groups in total. The van der Waals surface area contributed by atoms with E-state index in [1.165, 1.54) is 14.0 Å². The van der Waals surface area contributed by atoms with Gasteiger partial charge in [0.25, 0.3) is 10.0 Å². The van der Waals surface area contributed by atoms with Gasteiger partial charge in [-0.15, -0.1) is 0 Å². The Balaban J connectivity index is 2.33. The van der Waals surface area contributed by atoms with Crippen LogP contribution in [0.2, 0.25) is 0 Å². The summed E-state index contributed by atoms with van der Waals surface area (Å²) in [5.41, 5.74) is 2.24. The van der Waals surface area contributed by atoms with E-state index in [4.69, 9.17) is 9.47 Å². The third kappa shape index (κ3) is 6.39. The standard InChI is InChI=1S/C21H28N2O5S/c1-5-6-17-13-20(27-4)21(28-12-11-22-16(3)24)14-19(17)23-29(25,26)18-9-7-15(2)8-10-18/h7-10,13-14,23H,5-6,11-12H2,1-4H3,(H,22,24). The fraction of sp³-hybridized carbons (Fsp3) is 0.381. The highest BCUT2D eigenvalue weighted by Crippen LogP contribution is 2.35. The van der Waals surface area contributed by atoms with Gasteiger partial charge in [-0.2, -0.15) is 0 Å². The lowest BCUT2D eigenvalue weighted by molar-refractivity contribution is -0.119. The van der Waals surface area contributed by atoms with Crippen LogP contribution in [-0.2, 0) is 21.2 Å². The molecule has 0 atom stereocenters. The molecule has 0 bridgehead atoms. The van der Waals surface area contributed by atoms with E-state index in [0.29, 0.717) is 30.2 Å². The van der Waals surface area contributed by atoms with Gasteiger partial charge in [-0.1, -0.05) is 31.0 Å². The highest BCUT2D eigenvalue weighted by molar-refractivity contribution is 7.92. The quantitative estimate of drug-likeness (QED) is 0.576. The molecule has 0 heterocycles. The lowest BCUT2D eigenvalue weighted by atomic mass is 10.1. The summed E-state index contributed by atoms with van der Waals surface area (Å²) in [4.78, 5) is 11.2. The number of ether oxygens (including phenoxy) is 2. The van der Waals surface area contributed by atoms with Crippen molar-refractivity contribution in [3.8, 4) is 11.5 Å². The van der Waals surface area contributed by atoms with Crippen LogP contribution in [0.1, 0.15) is 31.4 Å². The predicted octanol–water partition coefficient (Wildman–Crippen LogP) is 3.27. The summed E-state index contributed by atoms with van der Waals surface area (Å²) < 4.78 is 39.5. The number of benzene rings is 2. The molecule has 0 aliphatic rings. The van der Waals surface area contributed by atoms with Gasteiger partial charge in [0, 0.05) is 13.0 Å². The van der Waals surface area contributed by atoms with E-state index in [9.17, 15) is 13.2 Å². The minimum atomic E-state index is -3.75. The maximum atomic E-state index is 12.8. The zero-order valence-electron chi connectivity index (χ0n) is 17.2. The van der Waals surface area contributed by atoms with E-state index < -0.39 is 10.0 Å². The van der Waals surface area contributed by atoms with E-state index >= 15 is 0 Å². The zero-order valence-corrected chi connectivity index (χ0v) is 18.1. The molecule has 0 spiro atoms.